The SMILES string of the molecule is Cc1cccc(NS(=O)(=O)c2cc(NC(=O)C3CCC(N)C3)ccc2C)c1.Cl. The third-order valence-electron chi connectivity index (χ3n) is 4.86. The van der Waals surface area contributed by atoms with E-state index in [-0.39, 0.29) is 35.2 Å². The van der Waals surface area contributed by atoms with Gasteiger partial charge in [0.25, 0.3) is 10.0 Å². The predicted molar refractivity (Wildman–Crippen MR) is 114 cm³/mol. The van der Waals surface area contributed by atoms with Crippen LogP contribution < -0.4 is 15.8 Å². The quantitative estimate of drug-likeness (QED) is 0.683. The number of aryl methyl sites for hydroxylation is 2. The molecule has 2 unspecified atom stereocenters. The number of halogens is 1. The fourth-order valence-electron chi connectivity index (χ4n) is 3.38. The summed E-state index contributed by atoms with van der Waals surface area (Å²) in [4.78, 5) is 12.5. The molecule has 0 aliphatic heterocycles. The monoisotopic (exact) mass is 423 g/mol. The Morgan fingerprint density at radius 1 is 1.07 bits per heavy atom. The average molecular weight is 424 g/mol. The first-order valence-electron chi connectivity index (χ1n) is 9.01. The molecule has 0 bridgehead atoms. The van der Waals surface area contributed by atoms with Gasteiger partial charge in [0.2, 0.25) is 5.91 Å². The Balaban J connectivity index is 0.00000280. The zero-order valence-corrected chi connectivity index (χ0v) is 17.6. The lowest BCUT2D eigenvalue weighted by Crippen LogP contribution is -2.23. The van der Waals surface area contributed by atoms with Crippen molar-refractivity contribution in [1.82, 2.24) is 0 Å². The average Bonchev–Trinajstić information content (AvgIpc) is 3.02. The first-order valence-corrected chi connectivity index (χ1v) is 10.5. The van der Waals surface area contributed by atoms with Crippen LogP contribution in [0.3, 0.4) is 0 Å². The summed E-state index contributed by atoms with van der Waals surface area (Å²) in [5, 5.41) is 2.83. The van der Waals surface area contributed by atoms with Crippen LogP contribution in [0.25, 0.3) is 0 Å². The zero-order chi connectivity index (χ0) is 19.6. The van der Waals surface area contributed by atoms with Crippen LogP contribution >= 0.6 is 12.4 Å². The molecule has 2 aromatic rings. The van der Waals surface area contributed by atoms with Crippen LogP contribution in [0, 0.1) is 19.8 Å². The normalized spacial score (nSPS) is 19.0. The van der Waals surface area contributed by atoms with E-state index in [1.807, 2.05) is 13.0 Å². The van der Waals surface area contributed by atoms with Crippen molar-refractivity contribution in [3.05, 3.63) is 53.6 Å². The van der Waals surface area contributed by atoms with Gasteiger partial charge in [-0.1, -0.05) is 18.2 Å². The van der Waals surface area contributed by atoms with Gasteiger partial charge in [0.15, 0.2) is 0 Å². The molecule has 2 atom stereocenters. The second-order valence-corrected chi connectivity index (χ2v) is 8.87. The Labute approximate surface area is 172 Å². The second kappa shape index (κ2) is 8.94. The van der Waals surface area contributed by atoms with E-state index >= 15 is 0 Å². The van der Waals surface area contributed by atoms with E-state index in [0.29, 0.717) is 23.4 Å². The highest BCUT2D eigenvalue weighted by Crippen LogP contribution is 2.27. The van der Waals surface area contributed by atoms with E-state index in [9.17, 15) is 13.2 Å². The first-order chi connectivity index (χ1) is 12.7. The number of nitrogens with one attached hydrogen (secondary N) is 2. The van der Waals surface area contributed by atoms with Gasteiger partial charge in [-0.15, -0.1) is 12.4 Å². The maximum Gasteiger partial charge on any atom is 0.262 e. The van der Waals surface area contributed by atoms with Gasteiger partial charge >= 0.3 is 0 Å². The molecule has 4 N–H and O–H groups in total. The van der Waals surface area contributed by atoms with Crippen molar-refractivity contribution < 1.29 is 13.2 Å². The molecular weight excluding hydrogens is 398 g/mol. The number of rotatable bonds is 5. The summed E-state index contributed by atoms with van der Waals surface area (Å²) < 4.78 is 28.3. The van der Waals surface area contributed by atoms with Crippen molar-refractivity contribution in [2.24, 2.45) is 11.7 Å². The van der Waals surface area contributed by atoms with Crippen molar-refractivity contribution in [2.75, 3.05) is 10.0 Å². The standard InChI is InChI=1S/C20H25N3O3S.ClH/c1-13-4-3-5-18(10-13)23-27(25,26)19-12-17(9-6-14(19)2)22-20(24)15-7-8-16(21)11-15;/h3-6,9-10,12,15-16,23H,7-8,11,21H2,1-2H3,(H,22,24);1H. The molecule has 2 aromatic carbocycles. The second-order valence-electron chi connectivity index (χ2n) is 7.21. The molecule has 0 radical (unpaired) electrons. The summed E-state index contributed by atoms with van der Waals surface area (Å²) in [6.45, 7) is 3.63. The maximum absolute atomic E-state index is 12.8. The summed E-state index contributed by atoms with van der Waals surface area (Å²) in [6, 6.07) is 12.1. The molecule has 1 amide bonds. The Bertz CT molecular complexity index is 963. The van der Waals surface area contributed by atoms with Crippen LogP contribution in [-0.2, 0) is 14.8 Å². The molecule has 1 aliphatic carbocycles. The minimum absolute atomic E-state index is 0. The summed E-state index contributed by atoms with van der Waals surface area (Å²) in [5.74, 6) is -0.228. The van der Waals surface area contributed by atoms with Gasteiger partial charge < -0.3 is 11.1 Å². The number of hydrogen-bond donors (Lipinski definition) is 3. The van der Waals surface area contributed by atoms with E-state index < -0.39 is 10.0 Å². The van der Waals surface area contributed by atoms with E-state index in [1.54, 1.807) is 37.3 Å². The Hall–Kier alpha value is -2.09. The number of nitrogens with two attached hydrogens (primary N) is 1. The molecule has 3 rings (SSSR count). The highest BCUT2D eigenvalue weighted by molar-refractivity contribution is 7.92. The lowest BCUT2D eigenvalue weighted by atomic mass is 10.1. The number of carbonyl (C=O) groups is 1. The van der Waals surface area contributed by atoms with Gasteiger partial charge in [-0.25, -0.2) is 8.42 Å². The fourth-order valence-corrected chi connectivity index (χ4v) is 4.71. The minimum atomic E-state index is -3.77. The number of amides is 1. The van der Waals surface area contributed by atoms with E-state index in [4.69, 9.17) is 5.73 Å². The summed E-state index contributed by atoms with van der Waals surface area (Å²) in [6.07, 6.45) is 2.27. The highest BCUT2D eigenvalue weighted by Gasteiger charge is 2.28. The molecule has 0 spiro atoms. The highest BCUT2D eigenvalue weighted by atomic mass is 35.5. The lowest BCUT2D eigenvalue weighted by Gasteiger charge is -2.14. The number of anilines is 2. The van der Waals surface area contributed by atoms with Crippen LogP contribution in [0.4, 0.5) is 11.4 Å². The van der Waals surface area contributed by atoms with Crippen LogP contribution in [0.15, 0.2) is 47.4 Å². The van der Waals surface area contributed by atoms with Gasteiger partial charge in [0.1, 0.15) is 0 Å². The number of hydrogen-bond acceptors (Lipinski definition) is 4. The molecule has 0 saturated heterocycles. The molecule has 0 aromatic heterocycles. The molecular formula is C20H26ClN3O3S. The van der Waals surface area contributed by atoms with Crippen molar-refractivity contribution in [3.8, 4) is 0 Å². The smallest absolute Gasteiger partial charge is 0.262 e. The van der Waals surface area contributed by atoms with Crippen molar-refractivity contribution in [3.63, 3.8) is 0 Å². The molecule has 1 aliphatic rings. The van der Waals surface area contributed by atoms with E-state index in [2.05, 4.69) is 10.0 Å². The summed E-state index contributed by atoms with van der Waals surface area (Å²) in [7, 11) is -3.77. The number of benzene rings is 2. The third-order valence-corrected chi connectivity index (χ3v) is 6.38. The van der Waals surface area contributed by atoms with Crippen LogP contribution in [0.1, 0.15) is 30.4 Å². The predicted octanol–water partition coefficient (Wildman–Crippen LogP) is 3.59. The fraction of sp³-hybridized carbons (Fsp3) is 0.350. The van der Waals surface area contributed by atoms with Crippen molar-refractivity contribution in [1.29, 1.82) is 0 Å². The number of sulfonamides is 1. The van der Waals surface area contributed by atoms with Crippen LogP contribution in [-0.4, -0.2) is 20.4 Å². The van der Waals surface area contributed by atoms with Gasteiger partial charge in [-0.3, -0.25) is 9.52 Å². The van der Waals surface area contributed by atoms with Gasteiger partial charge in [-0.05, 0) is 68.5 Å². The minimum Gasteiger partial charge on any atom is -0.328 e. The van der Waals surface area contributed by atoms with Gasteiger partial charge in [0, 0.05) is 23.3 Å². The van der Waals surface area contributed by atoms with Crippen LogP contribution in [0.2, 0.25) is 0 Å². The maximum atomic E-state index is 12.8. The lowest BCUT2D eigenvalue weighted by molar-refractivity contribution is -0.119. The Morgan fingerprint density at radius 2 is 1.82 bits per heavy atom. The van der Waals surface area contributed by atoms with Gasteiger partial charge in [-0.2, -0.15) is 0 Å². The molecule has 1 fully saturated rings. The summed E-state index contributed by atoms with van der Waals surface area (Å²) >= 11 is 0. The molecule has 0 heterocycles. The summed E-state index contributed by atoms with van der Waals surface area (Å²) in [5.41, 5.74) is 8.41. The van der Waals surface area contributed by atoms with Crippen molar-refractivity contribution in [2.45, 2.75) is 44.0 Å². The molecule has 8 heteroatoms. The van der Waals surface area contributed by atoms with Gasteiger partial charge in [0.05, 0.1) is 4.90 Å². The molecule has 6 nitrogen and oxygen atoms in total. The molecule has 1 saturated carbocycles. The third kappa shape index (κ3) is 5.25. The Morgan fingerprint density at radius 3 is 2.46 bits per heavy atom. The largest absolute Gasteiger partial charge is 0.328 e. The Kier molecular flexibility index (Phi) is 7.09. The van der Waals surface area contributed by atoms with E-state index in [0.717, 1.165) is 18.4 Å². The molecule has 152 valence electrons. The zero-order valence-electron chi connectivity index (χ0n) is 15.9. The van der Waals surface area contributed by atoms with E-state index in [1.165, 1.54) is 6.07 Å². The van der Waals surface area contributed by atoms with Crippen LogP contribution in [0.5, 0.6) is 0 Å². The molecule has 28 heavy (non-hydrogen) atoms. The topological polar surface area (TPSA) is 101 Å². The number of carbonyl (C=O) groups excluding carboxylic acids is 1. The first kappa shape index (κ1) is 22.2. The van der Waals surface area contributed by atoms with Crippen molar-refractivity contribution >= 4 is 39.7 Å².